The van der Waals surface area contributed by atoms with E-state index in [1.165, 1.54) is 0 Å². The number of unbranched alkanes of at least 4 members (excludes halogenated alkanes) is 3. The van der Waals surface area contributed by atoms with Gasteiger partial charge in [-0.2, -0.15) is 0 Å². The summed E-state index contributed by atoms with van der Waals surface area (Å²) in [5.41, 5.74) is 4.18. The third-order valence-corrected chi connectivity index (χ3v) is 10.8. The van der Waals surface area contributed by atoms with Gasteiger partial charge >= 0.3 is 6.03 Å². The number of nitrogens with zero attached hydrogens (tertiary/aromatic N) is 5. The van der Waals surface area contributed by atoms with Crippen LogP contribution in [0.1, 0.15) is 86.8 Å². The van der Waals surface area contributed by atoms with Gasteiger partial charge in [0.1, 0.15) is 18.0 Å². The largest absolute Gasteiger partial charge is 0.497 e. The van der Waals surface area contributed by atoms with Crippen LogP contribution in [0.25, 0.3) is 10.9 Å². The maximum atomic E-state index is 14.9. The minimum absolute atomic E-state index is 0.0795. The number of para-hydroxylation sites is 1. The summed E-state index contributed by atoms with van der Waals surface area (Å²) in [6, 6.07) is 21.9. The topological polar surface area (TPSA) is 107 Å². The van der Waals surface area contributed by atoms with E-state index in [4.69, 9.17) is 4.74 Å². The molecule has 6 rings (SSSR count). The van der Waals surface area contributed by atoms with Crippen molar-refractivity contribution in [1.29, 1.82) is 0 Å². The van der Waals surface area contributed by atoms with E-state index in [1.54, 1.807) is 33.0 Å². The highest BCUT2D eigenvalue weighted by Crippen LogP contribution is 2.33. The van der Waals surface area contributed by atoms with Crippen LogP contribution in [0.15, 0.2) is 91.6 Å². The van der Waals surface area contributed by atoms with Crippen LogP contribution < -0.4 is 10.1 Å². The summed E-state index contributed by atoms with van der Waals surface area (Å²) < 4.78 is 7.59. The molecule has 2 aliphatic heterocycles. The Bertz CT molecular complexity index is 2050. The van der Waals surface area contributed by atoms with E-state index >= 15 is 0 Å². The van der Waals surface area contributed by atoms with Gasteiger partial charge in [-0.25, -0.2) is 14.8 Å². The SMILES string of the molecule is C=CCN1CC(=O)N2[C@@H](Cc3ccc(OC)cc3)C(=O)N(Cc3cccc4c(C(=O)CC(C)(C)C)cn(CCCCCC)c34)C[C@@H]2N1C(=O)NCc1ccccc1. The third-order valence-electron chi connectivity index (χ3n) is 10.8. The van der Waals surface area contributed by atoms with Crippen molar-refractivity contribution < 1.29 is 23.9 Å². The highest BCUT2D eigenvalue weighted by atomic mass is 16.5. The number of Topliss-reactive ketones (excluding diaryl/α,β-unsaturated/α-hetero) is 1. The molecule has 0 unspecified atom stereocenters. The fraction of sp³-hybridized carbons (Fsp3) is 0.435. The number of hydrazine groups is 1. The van der Waals surface area contributed by atoms with Gasteiger partial charge in [-0.05, 0) is 40.7 Å². The predicted molar refractivity (Wildman–Crippen MR) is 223 cm³/mol. The molecule has 1 N–H and O–H groups in total. The Labute approximate surface area is 337 Å². The van der Waals surface area contributed by atoms with E-state index in [0.29, 0.717) is 24.3 Å². The maximum absolute atomic E-state index is 14.9. The molecule has 0 saturated carbocycles. The van der Waals surface area contributed by atoms with Gasteiger partial charge in [0.05, 0.1) is 25.7 Å². The highest BCUT2D eigenvalue weighted by Gasteiger charge is 2.51. The van der Waals surface area contributed by atoms with Gasteiger partial charge in [0.15, 0.2) is 5.78 Å². The summed E-state index contributed by atoms with van der Waals surface area (Å²) in [5.74, 6) is 0.362. The molecule has 11 nitrogen and oxygen atoms in total. The molecule has 2 saturated heterocycles. The smallest absolute Gasteiger partial charge is 0.334 e. The van der Waals surface area contributed by atoms with Crippen molar-refractivity contribution in [2.75, 3.05) is 26.7 Å². The van der Waals surface area contributed by atoms with E-state index in [0.717, 1.165) is 59.8 Å². The molecule has 3 heterocycles. The highest BCUT2D eigenvalue weighted by molar-refractivity contribution is 6.09. The van der Waals surface area contributed by atoms with E-state index in [1.807, 2.05) is 79.0 Å². The lowest BCUT2D eigenvalue weighted by molar-refractivity contribution is -0.189. The Balaban J connectivity index is 1.40. The molecule has 2 fully saturated rings. The molecule has 0 spiro atoms. The predicted octanol–water partition coefficient (Wildman–Crippen LogP) is 7.59. The van der Waals surface area contributed by atoms with Gasteiger partial charge in [-0.15, -0.1) is 6.58 Å². The first kappa shape index (κ1) is 41.2. The molecule has 2 atom stereocenters. The van der Waals surface area contributed by atoms with Crippen molar-refractivity contribution in [3.8, 4) is 5.75 Å². The molecule has 4 aromatic rings. The fourth-order valence-corrected chi connectivity index (χ4v) is 8.14. The van der Waals surface area contributed by atoms with Crippen molar-refractivity contribution in [2.45, 2.75) is 98.1 Å². The Morgan fingerprint density at radius 1 is 0.947 bits per heavy atom. The Hall–Kier alpha value is -5.42. The number of fused-ring (bicyclic) bond motifs is 2. The first-order valence-corrected chi connectivity index (χ1v) is 20.3. The van der Waals surface area contributed by atoms with Gasteiger partial charge in [0, 0.05) is 56.2 Å². The number of aromatic nitrogens is 1. The number of ether oxygens (including phenoxy) is 1. The Kier molecular flexibility index (Phi) is 13.2. The average Bonchev–Trinajstić information content (AvgIpc) is 3.57. The number of urea groups is 1. The zero-order chi connectivity index (χ0) is 40.7. The van der Waals surface area contributed by atoms with Crippen LogP contribution in [0.3, 0.4) is 0 Å². The number of rotatable bonds is 16. The van der Waals surface area contributed by atoms with Crippen molar-refractivity contribution >= 4 is 34.5 Å². The van der Waals surface area contributed by atoms with Crippen LogP contribution in [0.2, 0.25) is 0 Å². The average molecular weight is 775 g/mol. The minimum atomic E-state index is -0.871. The molecule has 302 valence electrons. The third kappa shape index (κ3) is 9.59. The van der Waals surface area contributed by atoms with Gasteiger partial charge in [-0.1, -0.05) is 114 Å². The lowest BCUT2D eigenvalue weighted by atomic mass is 9.87. The molecule has 1 aromatic heterocycles. The van der Waals surface area contributed by atoms with E-state index < -0.39 is 12.2 Å². The lowest BCUT2D eigenvalue weighted by Crippen LogP contribution is -2.76. The Morgan fingerprint density at radius 3 is 2.39 bits per heavy atom. The van der Waals surface area contributed by atoms with Crippen molar-refractivity contribution in [1.82, 2.24) is 29.7 Å². The summed E-state index contributed by atoms with van der Waals surface area (Å²) in [6.07, 6.45) is 7.87. The number of amides is 4. The molecule has 0 aliphatic carbocycles. The normalized spacial score (nSPS) is 17.5. The molecule has 0 radical (unpaired) electrons. The Morgan fingerprint density at radius 2 is 1.70 bits per heavy atom. The van der Waals surface area contributed by atoms with Crippen LogP contribution >= 0.6 is 0 Å². The first-order valence-electron chi connectivity index (χ1n) is 20.3. The number of carbonyl (C=O) groups excluding carboxylic acids is 4. The van der Waals surface area contributed by atoms with Crippen molar-refractivity contribution in [2.24, 2.45) is 5.41 Å². The molecular formula is C46H58N6O5. The minimum Gasteiger partial charge on any atom is -0.497 e. The van der Waals surface area contributed by atoms with Crippen LogP contribution in [-0.2, 0) is 35.6 Å². The molecule has 0 bridgehead atoms. The summed E-state index contributed by atoms with van der Waals surface area (Å²) >= 11 is 0. The van der Waals surface area contributed by atoms with E-state index in [2.05, 4.69) is 44.2 Å². The maximum Gasteiger partial charge on any atom is 0.334 e. The van der Waals surface area contributed by atoms with Crippen LogP contribution in [0, 0.1) is 5.41 Å². The zero-order valence-corrected chi connectivity index (χ0v) is 34.2. The molecule has 4 amide bonds. The summed E-state index contributed by atoms with van der Waals surface area (Å²) in [4.78, 5) is 60.6. The number of hydrogen-bond donors (Lipinski definition) is 1. The van der Waals surface area contributed by atoms with Gasteiger partial charge in [0.25, 0.3) is 0 Å². The van der Waals surface area contributed by atoms with Crippen LogP contribution in [-0.4, -0.2) is 87.0 Å². The van der Waals surface area contributed by atoms with E-state index in [9.17, 15) is 19.2 Å². The number of carbonyl (C=O) groups is 4. The second-order valence-corrected chi connectivity index (χ2v) is 16.5. The molecule has 57 heavy (non-hydrogen) atoms. The molecule has 3 aromatic carbocycles. The van der Waals surface area contributed by atoms with Gasteiger partial charge in [-0.3, -0.25) is 14.4 Å². The summed E-state index contributed by atoms with van der Waals surface area (Å²) in [7, 11) is 1.60. The molecule has 11 heteroatoms. The molecule has 2 aliphatic rings. The lowest BCUT2D eigenvalue weighted by Gasteiger charge is -2.55. The van der Waals surface area contributed by atoms with E-state index in [-0.39, 0.29) is 61.6 Å². The number of ketones is 1. The summed E-state index contributed by atoms with van der Waals surface area (Å²) in [5, 5.41) is 7.26. The quantitative estimate of drug-likeness (QED) is 0.0715. The zero-order valence-electron chi connectivity index (χ0n) is 34.2. The van der Waals surface area contributed by atoms with Crippen molar-refractivity contribution in [3.63, 3.8) is 0 Å². The van der Waals surface area contributed by atoms with Gasteiger partial charge in [0.2, 0.25) is 11.8 Å². The first-order chi connectivity index (χ1) is 27.4. The second kappa shape index (κ2) is 18.2. The van der Waals surface area contributed by atoms with Crippen LogP contribution in [0.4, 0.5) is 4.79 Å². The fourth-order valence-electron chi connectivity index (χ4n) is 8.14. The van der Waals surface area contributed by atoms with Gasteiger partial charge < -0.3 is 24.4 Å². The number of nitrogens with one attached hydrogen (secondary N) is 1. The standard InChI is InChI=1S/C46H58N6O5/c1-7-9-10-14-25-48-30-38(40(53)27-46(3,4)5)37-19-15-18-35(43(37)48)29-49-31-41-51(39(44(49)55)26-33-20-22-36(57-6)23-21-33)42(54)32-50(24-8-2)52(41)45(56)47-28-34-16-12-11-13-17-34/h8,11-13,15-23,30,39,41H,2,7,9-10,14,24-29,31-32H2,1,3-6H3,(H,47,56)/t39-,41-/m0/s1. The van der Waals surface area contributed by atoms with Crippen LogP contribution in [0.5, 0.6) is 5.75 Å². The monoisotopic (exact) mass is 774 g/mol. The number of piperazine rings is 1. The number of benzene rings is 3. The summed E-state index contributed by atoms with van der Waals surface area (Å²) in [6.45, 7) is 13.9. The molecular weight excluding hydrogens is 717 g/mol. The number of aryl methyl sites for hydroxylation is 1. The number of hydrogen-bond acceptors (Lipinski definition) is 6. The number of methoxy groups -OCH3 is 1. The second-order valence-electron chi connectivity index (χ2n) is 16.5. The van der Waals surface area contributed by atoms with Crippen molar-refractivity contribution in [3.05, 3.63) is 114 Å².